The lowest BCUT2D eigenvalue weighted by Crippen LogP contribution is -2.56. The summed E-state index contributed by atoms with van der Waals surface area (Å²) in [5, 5.41) is 4.72. The van der Waals surface area contributed by atoms with Crippen molar-refractivity contribution in [2.24, 2.45) is 5.92 Å². The van der Waals surface area contributed by atoms with Gasteiger partial charge in [0.15, 0.2) is 11.8 Å². The predicted octanol–water partition coefficient (Wildman–Crippen LogP) is 0.782. The summed E-state index contributed by atoms with van der Waals surface area (Å²) >= 11 is 0. The zero-order valence-electron chi connectivity index (χ0n) is 14.7. The molecular weight excluding hydrogens is 304 g/mol. The number of hydrogen-bond acceptors (Lipinski definition) is 6. The molecule has 0 aliphatic rings. The highest BCUT2D eigenvalue weighted by Crippen LogP contribution is 2.09. The Labute approximate surface area is 136 Å². The molecule has 2 N–H and O–H groups in total. The van der Waals surface area contributed by atoms with E-state index in [0.717, 1.165) is 14.0 Å². The van der Waals surface area contributed by atoms with Crippen molar-refractivity contribution in [3.8, 4) is 0 Å². The molecule has 0 saturated heterocycles. The molecule has 0 heterocycles. The van der Waals surface area contributed by atoms with Gasteiger partial charge in [-0.2, -0.15) is 0 Å². The van der Waals surface area contributed by atoms with E-state index in [-0.39, 0.29) is 5.92 Å². The number of amides is 2. The molecule has 23 heavy (non-hydrogen) atoms. The summed E-state index contributed by atoms with van der Waals surface area (Å²) in [6, 6.07) is -2.37. The first kappa shape index (κ1) is 20.9. The third kappa shape index (κ3) is 7.62. The maximum atomic E-state index is 12.3. The van der Waals surface area contributed by atoms with Gasteiger partial charge in [-0.25, -0.2) is 9.59 Å². The van der Waals surface area contributed by atoms with Gasteiger partial charge < -0.3 is 20.1 Å². The molecule has 0 aromatic heterocycles. The third-order valence-electron chi connectivity index (χ3n) is 2.75. The number of esters is 1. The van der Waals surface area contributed by atoms with E-state index in [1.54, 1.807) is 34.6 Å². The van der Waals surface area contributed by atoms with Crippen LogP contribution < -0.4 is 10.6 Å². The molecular formula is C15H26N2O6. The van der Waals surface area contributed by atoms with Crippen LogP contribution in [-0.2, 0) is 23.9 Å². The Hall–Kier alpha value is -2.12. The van der Waals surface area contributed by atoms with Crippen LogP contribution in [0.4, 0.5) is 4.79 Å². The van der Waals surface area contributed by atoms with Crippen molar-refractivity contribution in [3.63, 3.8) is 0 Å². The van der Waals surface area contributed by atoms with Crippen LogP contribution in [0.2, 0.25) is 0 Å². The van der Waals surface area contributed by atoms with E-state index in [9.17, 15) is 19.2 Å². The number of alkyl carbamates (subject to hydrolysis) is 1. The van der Waals surface area contributed by atoms with E-state index in [1.165, 1.54) is 0 Å². The maximum absolute atomic E-state index is 12.3. The van der Waals surface area contributed by atoms with Crippen molar-refractivity contribution >= 4 is 23.8 Å². The van der Waals surface area contributed by atoms with Crippen molar-refractivity contribution in [2.45, 2.75) is 59.2 Å². The number of ether oxygens (including phenoxy) is 2. The summed E-state index contributed by atoms with van der Waals surface area (Å²) in [5.74, 6) is -2.39. The van der Waals surface area contributed by atoms with Gasteiger partial charge >= 0.3 is 12.1 Å². The van der Waals surface area contributed by atoms with Crippen molar-refractivity contribution in [1.29, 1.82) is 0 Å². The van der Waals surface area contributed by atoms with Gasteiger partial charge in [0.2, 0.25) is 5.91 Å². The van der Waals surface area contributed by atoms with Crippen molar-refractivity contribution < 1.29 is 28.7 Å². The Morgan fingerprint density at radius 3 is 1.87 bits per heavy atom. The highest BCUT2D eigenvalue weighted by molar-refractivity contribution is 6.05. The second-order valence-electron chi connectivity index (χ2n) is 6.44. The average Bonchev–Trinajstić information content (AvgIpc) is 2.38. The molecule has 0 aromatic rings. The number of hydrogen-bond donors (Lipinski definition) is 2. The van der Waals surface area contributed by atoms with Crippen LogP contribution in [0.3, 0.4) is 0 Å². The number of ketones is 1. The minimum atomic E-state index is -1.41. The molecule has 0 aliphatic carbocycles. The highest BCUT2D eigenvalue weighted by Gasteiger charge is 2.32. The summed E-state index contributed by atoms with van der Waals surface area (Å²) < 4.78 is 9.58. The van der Waals surface area contributed by atoms with E-state index in [4.69, 9.17) is 4.74 Å². The van der Waals surface area contributed by atoms with Gasteiger partial charge in [0.25, 0.3) is 0 Å². The fourth-order valence-corrected chi connectivity index (χ4v) is 1.65. The lowest BCUT2D eigenvalue weighted by Gasteiger charge is -2.26. The Morgan fingerprint density at radius 1 is 1.00 bits per heavy atom. The zero-order chi connectivity index (χ0) is 18.4. The number of Topliss-reactive ketones (excluding diaryl/α,β-unsaturated/α-hetero) is 1. The first-order chi connectivity index (χ1) is 10.4. The van der Waals surface area contributed by atoms with Crippen LogP contribution in [0.5, 0.6) is 0 Å². The van der Waals surface area contributed by atoms with Crippen molar-refractivity contribution in [3.05, 3.63) is 0 Å². The molecule has 0 fully saturated rings. The van der Waals surface area contributed by atoms with Gasteiger partial charge in [-0.15, -0.1) is 0 Å². The number of rotatable bonds is 6. The fourth-order valence-electron chi connectivity index (χ4n) is 1.65. The van der Waals surface area contributed by atoms with Crippen LogP contribution in [0, 0.1) is 5.92 Å². The van der Waals surface area contributed by atoms with Crippen molar-refractivity contribution in [1.82, 2.24) is 10.6 Å². The molecule has 0 radical (unpaired) electrons. The lowest BCUT2D eigenvalue weighted by molar-refractivity contribution is -0.148. The van der Waals surface area contributed by atoms with E-state index in [2.05, 4.69) is 15.4 Å². The Balaban J connectivity index is 5.02. The van der Waals surface area contributed by atoms with E-state index in [0.29, 0.717) is 0 Å². The predicted molar refractivity (Wildman–Crippen MR) is 82.6 cm³/mol. The molecule has 0 aliphatic heterocycles. The van der Waals surface area contributed by atoms with Gasteiger partial charge in [-0.1, -0.05) is 13.8 Å². The minimum Gasteiger partial charge on any atom is -0.467 e. The van der Waals surface area contributed by atoms with E-state index < -0.39 is 41.4 Å². The van der Waals surface area contributed by atoms with Gasteiger partial charge in [0.1, 0.15) is 11.6 Å². The minimum absolute atomic E-state index is 0.284. The summed E-state index contributed by atoms with van der Waals surface area (Å²) in [4.78, 5) is 47.1. The van der Waals surface area contributed by atoms with Crippen LogP contribution in [0.25, 0.3) is 0 Å². The largest absolute Gasteiger partial charge is 0.467 e. The van der Waals surface area contributed by atoms with Gasteiger partial charge in [0.05, 0.1) is 7.11 Å². The van der Waals surface area contributed by atoms with Crippen LogP contribution >= 0.6 is 0 Å². The summed E-state index contributed by atoms with van der Waals surface area (Å²) in [7, 11) is 1.11. The highest BCUT2D eigenvalue weighted by atomic mass is 16.6. The number of carbonyl (C=O) groups excluding carboxylic acids is 4. The summed E-state index contributed by atoms with van der Waals surface area (Å²) in [6.45, 7) is 9.67. The average molecular weight is 330 g/mol. The molecule has 0 aromatic carbocycles. The van der Waals surface area contributed by atoms with E-state index in [1.807, 2.05) is 0 Å². The molecule has 8 nitrogen and oxygen atoms in total. The molecule has 8 heteroatoms. The summed E-state index contributed by atoms with van der Waals surface area (Å²) in [6.07, 6.45) is -0.760. The molecule has 2 atom stereocenters. The van der Waals surface area contributed by atoms with Gasteiger partial charge in [0, 0.05) is 0 Å². The first-order valence-corrected chi connectivity index (χ1v) is 7.27. The smallest absolute Gasteiger partial charge is 0.408 e. The molecule has 2 amide bonds. The molecule has 0 bridgehead atoms. The molecule has 1 unspecified atom stereocenters. The Bertz CT molecular complexity index is 467. The fraction of sp³-hybridized carbons (Fsp3) is 0.733. The molecule has 0 spiro atoms. The first-order valence-electron chi connectivity index (χ1n) is 7.27. The zero-order valence-corrected chi connectivity index (χ0v) is 14.7. The van der Waals surface area contributed by atoms with Crippen molar-refractivity contribution in [2.75, 3.05) is 7.11 Å². The van der Waals surface area contributed by atoms with Crippen LogP contribution in [-0.4, -0.2) is 48.5 Å². The number of nitrogens with one attached hydrogen (secondary N) is 2. The number of carbonyl (C=O) groups is 4. The second-order valence-corrected chi connectivity index (χ2v) is 6.44. The standard InChI is InChI=1S/C15H26N2O6/c1-8(2)10(17-14(21)23-15(4,5)6)12(19)16-11(9(3)18)13(20)22-7/h8,10-11H,1-7H3,(H,16,19)(H,17,21)/t10-,11?/m0/s1. The Morgan fingerprint density at radius 2 is 1.52 bits per heavy atom. The molecule has 0 saturated carbocycles. The van der Waals surface area contributed by atoms with E-state index >= 15 is 0 Å². The van der Waals surface area contributed by atoms with Gasteiger partial charge in [-0.3, -0.25) is 9.59 Å². The summed E-state index contributed by atoms with van der Waals surface area (Å²) in [5.41, 5.74) is -0.712. The van der Waals surface area contributed by atoms with Gasteiger partial charge in [-0.05, 0) is 33.6 Å². The quantitative estimate of drug-likeness (QED) is 0.550. The van der Waals surface area contributed by atoms with Crippen LogP contribution in [0.15, 0.2) is 0 Å². The Kier molecular flexibility index (Phi) is 7.71. The monoisotopic (exact) mass is 330 g/mol. The number of methoxy groups -OCH3 is 1. The third-order valence-corrected chi connectivity index (χ3v) is 2.75. The normalized spacial score (nSPS) is 13.7. The topological polar surface area (TPSA) is 111 Å². The second kappa shape index (κ2) is 8.50. The maximum Gasteiger partial charge on any atom is 0.408 e. The SMILES string of the molecule is COC(=O)C(NC(=O)[C@@H](NC(=O)OC(C)(C)C)C(C)C)C(C)=O. The lowest BCUT2D eigenvalue weighted by atomic mass is 10.0. The van der Waals surface area contributed by atoms with Crippen LogP contribution in [0.1, 0.15) is 41.5 Å². The molecule has 132 valence electrons. The molecule has 0 rings (SSSR count).